The zero-order valence-electron chi connectivity index (χ0n) is 7.10. The van der Waals surface area contributed by atoms with Gasteiger partial charge in [-0.15, -0.1) is 0 Å². The summed E-state index contributed by atoms with van der Waals surface area (Å²) in [6.07, 6.45) is 0. The van der Waals surface area contributed by atoms with Gasteiger partial charge in [0.25, 0.3) is 5.91 Å². The predicted molar refractivity (Wildman–Crippen MR) is 57.2 cm³/mol. The third-order valence-corrected chi connectivity index (χ3v) is 2.73. The van der Waals surface area contributed by atoms with Gasteiger partial charge in [0.15, 0.2) is 0 Å². The van der Waals surface area contributed by atoms with Gasteiger partial charge in [-0.1, -0.05) is 11.6 Å². The second-order valence-corrected chi connectivity index (χ2v) is 3.75. The van der Waals surface area contributed by atoms with Crippen LogP contribution in [-0.2, 0) is 0 Å². The van der Waals surface area contributed by atoms with E-state index in [-0.39, 0.29) is 5.91 Å². The van der Waals surface area contributed by atoms with Crippen LogP contribution in [0.2, 0.25) is 5.02 Å². The van der Waals surface area contributed by atoms with Gasteiger partial charge in [0.05, 0.1) is 5.02 Å². The van der Waals surface area contributed by atoms with Crippen LogP contribution >= 0.6 is 27.5 Å². The first-order valence-electron chi connectivity index (χ1n) is 3.88. The van der Waals surface area contributed by atoms with Crippen LogP contribution in [0.15, 0.2) is 22.7 Å². The summed E-state index contributed by atoms with van der Waals surface area (Å²) < 4.78 is 0.734. The van der Waals surface area contributed by atoms with Gasteiger partial charge >= 0.3 is 0 Å². The van der Waals surface area contributed by atoms with Crippen LogP contribution in [0.3, 0.4) is 0 Å². The second kappa shape index (κ2) is 4.63. The molecule has 0 fully saturated rings. The Labute approximate surface area is 90.4 Å². The Bertz CT molecular complexity index is 327. The molecule has 13 heavy (non-hydrogen) atoms. The molecule has 1 rings (SSSR count). The molecule has 1 amide bonds. The molecule has 0 aliphatic carbocycles. The highest BCUT2D eigenvalue weighted by Gasteiger charge is 2.05. The molecule has 1 N–H and O–H groups in total. The summed E-state index contributed by atoms with van der Waals surface area (Å²) in [5.74, 6) is -0.0835. The predicted octanol–water partition coefficient (Wildman–Crippen LogP) is 2.85. The summed E-state index contributed by atoms with van der Waals surface area (Å²) in [7, 11) is 0. The Morgan fingerprint density at radius 2 is 2.31 bits per heavy atom. The van der Waals surface area contributed by atoms with Crippen molar-refractivity contribution in [3.05, 3.63) is 33.3 Å². The largest absolute Gasteiger partial charge is 0.352 e. The molecule has 0 saturated carbocycles. The van der Waals surface area contributed by atoms with E-state index in [4.69, 9.17) is 11.6 Å². The van der Waals surface area contributed by atoms with Gasteiger partial charge in [-0.3, -0.25) is 4.79 Å². The maximum absolute atomic E-state index is 11.3. The summed E-state index contributed by atoms with van der Waals surface area (Å²) in [6, 6.07) is 5.08. The number of rotatable bonds is 2. The normalized spacial score (nSPS) is 9.77. The van der Waals surface area contributed by atoms with Crippen LogP contribution < -0.4 is 5.32 Å². The number of carbonyl (C=O) groups excluding carboxylic acids is 1. The zero-order valence-corrected chi connectivity index (χ0v) is 9.45. The summed E-state index contributed by atoms with van der Waals surface area (Å²) in [5, 5.41) is 3.31. The maximum Gasteiger partial charge on any atom is 0.251 e. The topological polar surface area (TPSA) is 29.1 Å². The van der Waals surface area contributed by atoms with Crippen molar-refractivity contribution in [3.63, 3.8) is 0 Å². The fourth-order valence-corrected chi connectivity index (χ4v) is 1.40. The van der Waals surface area contributed by atoms with Gasteiger partial charge in [0.1, 0.15) is 0 Å². The zero-order chi connectivity index (χ0) is 9.84. The average Bonchev–Trinajstić information content (AvgIpc) is 2.10. The van der Waals surface area contributed by atoms with Gasteiger partial charge in [0, 0.05) is 16.6 Å². The van der Waals surface area contributed by atoms with E-state index in [9.17, 15) is 4.79 Å². The molecule has 0 aliphatic heterocycles. The Morgan fingerprint density at radius 3 is 2.85 bits per heavy atom. The number of nitrogens with one attached hydrogen (secondary N) is 1. The molecule has 0 aromatic heterocycles. The summed E-state index contributed by atoms with van der Waals surface area (Å²) in [5.41, 5.74) is 0.609. The van der Waals surface area contributed by atoms with E-state index in [2.05, 4.69) is 21.2 Å². The third kappa shape index (κ3) is 2.71. The number of hydrogen-bond donors (Lipinski definition) is 1. The SMILES string of the molecule is CCNC(=O)c1ccc(Cl)c(Br)c1. The van der Waals surface area contributed by atoms with Crippen molar-refractivity contribution in [2.75, 3.05) is 6.54 Å². The lowest BCUT2D eigenvalue weighted by atomic mass is 10.2. The molecule has 0 heterocycles. The molecule has 4 heteroatoms. The van der Waals surface area contributed by atoms with Crippen LogP contribution in [0.25, 0.3) is 0 Å². The van der Waals surface area contributed by atoms with Crippen molar-refractivity contribution in [3.8, 4) is 0 Å². The van der Waals surface area contributed by atoms with E-state index in [0.717, 1.165) is 4.47 Å². The molecule has 0 radical (unpaired) electrons. The molecule has 0 unspecified atom stereocenters. The maximum atomic E-state index is 11.3. The standard InChI is InChI=1S/C9H9BrClNO/c1-2-12-9(13)6-3-4-8(11)7(10)5-6/h3-5H,2H2,1H3,(H,12,13). The lowest BCUT2D eigenvalue weighted by molar-refractivity contribution is 0.0956. The van der Waals surface area contributed by atoms with Crippen molar-refractivity contribution >= 4 is 33.4 Å². The Morgan fingerprint density at radius 1 is 1.62 bits per heavy atom. The van der Waals surface area contributed by atoms with Crippen molar-refractivity contribution in [2.45, 2.75) is 6.92 Å². The highest BCUT2D eigenvalue weighted by Crippen LogP contribution is 2.22. The van der Waals surface area contributed by atoms with Gasteiger partial charge < -0.3 is 5.32 Å². The van der Waals surface area contributed by atoms with Crippen molar-refractivity contribution in [1.82, 2.24) is 5.32 Å². The second-order valence-electron chi connectivity index (χ2n) is 2.49. The molecule has 0 atom stereocenters. The summed E-state index contributed by atoms with van der Waals surface area (Å²) >= 11 is 9.04. The highest BCUT2D eigenvalue weighted by atomic mass is 79.9. The van der Waals surface area contributed by atoms with E-state index in [0.29, 0.717) is 17.1 Å². The smallest absolute Gasteiger partial charge is 0.251 e. The van der Waals surface area contributed by atoms with Crippen molar-refractivity contribution in [2.24, 2.45) is 0 Å². The van der Waals surface area contributed by atoms with Gasteiger partial charge in [-0.2, -0.15) is 0 Å². The number of carbonyl (C=O) groups is 1. The Balaban J connectivity index is 2.90. The van der Waals surface area contributed by atoms with Crippen LogP contribution in [-0.4, -0.2) is 12.5 Å². The van der Waals surface area contributed by atoms with E-state index in [1.165, 1.54) is 0 Å². The number of benzene rings is 1. The van der Waals surface area contributed by atoms with Gasteiger partial charge in [-0.25, -0.2) is 0 Å². The van der Waals surface area contributed by atoms with E-state index < -0.39 is 0 Å². The van der Waals surface area contributed by atoms with E-state index in [1.807, 2.05) is 6.92 Å². The average molecular weight is 263 g/mol. The minimum atomic E-state index is -0.0835. The van der Waals surface area contributed by atoms with Crippen LogP contribution in [0.5, 0.6) is 0 Å². The molecule has 0 bridgehead atoms. The Hall–Kier alpha value is -0.540. The lowest BCUT2D eigenvalue weighted by Gasteiger charge is -2.02. The lowest BCUT2D eigenvalue weighted by Crippen LogP contribution is -2.22. The molecule has 2 nitrogen and oxygen atoms in total. The Kier molecular flexibility index (Phi) is 3.75. The van der Waals surface area contributed by atoms with Crippen LogP contribution in [0.4, 0.5) is 0 Å². The van der Waals surface area contributed by atoms with Gasteiger partial charge in [0.2, 0.25) is 0 Å². The minimum Gasteiger partial charge on any atom is -0.352 e. The number of amides is 1. The van der Waals surface area contributed by atoms with Crippen molar-refractivity contribution < 1.29 is 4.79 Å². The van der Waals surface area contributed by atoms with E-state index >= 15 is 0 Å². The van der Waals surface area contributed by atoms with Gasteiger partial charge in [-0.05, 0) is 41.1 Å². The van der Waals surface area contributed by atoms with Crippen LogP contribution in [0.1, 0.15) is 17.3 Å². The van der Waals surface area contributed by atoms with Crippen LogP contribution in [0, 0.1) is 0 Å². The molecule has 1 aromatic rings. The number of hydrogen-bond acceptors (Lipinski definition) is 1. The third-order valence-electron chi connectivity index (χ3n) is 1.52. The number of halogens is 2. The minimum absolute atomic E-state index is 0.0835. The van der Waals surface area contributed by atoms with Crippen molar-refractivity contribution in [1.29, 1.82) is 0 Å². The summed E-state index contributed by atoms with van der Waals surface area (Å²) in [4.78, 5) is 11.3. The fraction of sp³-hybridized carbons (Fsp3) is 0.222. The molecule has 0 aliphatic rings. The first-order chi connectivity index (χ1) is 6.15. The molecule has 1 aromatic carbocycles. The highest BCUT2D eigenvalue weighted by molar-refractivity contribution is 9.10. The summed E-state index contributed by atoms with van der Waals surface area (Å²) in [6.45, 7) is 2.50. The molecule has 70 valence electrons. The molecular weight excluding hydrogens is 253 g/mol. The monoisotopic (exact) mass is 261 g/mol. The fourth-order valence-electron chi connectivity index (χ4n) is 0.900. The quantitative estimate of drug-likeness (QED) is 0.872. The molecular formula is C9H9BrClNO. The molecule has 0 spiro atoms. The molecule has 0 saturated heterocycles. The first-order valence-corrected chi connectivity index (χ1v) is 5.05. The van der Waals surface area contributed by atoms with E-state index in [1.54, 1.807) is 18.2 Å². The first kappa shape index (κ1) is 10.5.